The van der Waals surface area contributed by atoms with Crippen molar-refractivity contribution in [3.8, 4) is 20.5 Å². The number of carbonyl (C=O) groups is 3. The molecule has 3 aromatic rings. The molecule has 0 bridgehead atoms. The van der Waals surface area contributed by atoms with Crippen molar-refractivity contribution in [3.63, 3.8) is 0 Å². The molecule has 2 fully saturated rings. The first kappa shape index (κ1) is 21.4. The molecule has 0 radical (unpaired) electrons. The number of amides is 4. The molecule has 6 rings (SSSR count). The molecule has 1 spiro atoms. The van der Waals surface area contributed by atoms with Crippen LogP contribution >= 0.6 is 22.7 Å². The minimum Gasteiger partial charge on any atom is -0.372 e. The highest BCUT2D eigenvalue weighted by Gasteiger charge is 2.62. The summed E-state index contributed by atoms with van der Waals surface area (Å²) in [7, 11) is 0. The molecule has 2 N–H and O–H groups in total. The quantitative estimate of drug-likeness (QED) is 0.526. The Bertz CT molecular complexity index is 1300. The maximum Gasteiger partial charge on any atom is 0.328 e. The standard InChI is InChI=1S/C23H21N5O4S2/c1-11-10-28-15-4-3-13(18-25-9-16(34-18)19-24-5-6-33-19)7-14(15)8-23(17(28)12(2)32-11)20(29)26-22(31)27-21(23)30/h3-7,9,11-12,17H,8,10H2,1-2H3,(H2,26,27,29,30,31)/t11-,12+,17-/m1/s1. The summed E-state index contributed by atoms with van der Waals surface area (Å²) in [5.74, 6) is -1.17. The number of nitrogens with one attached hydrogen (secondary N) is 2. The van der Waals surface area contributed by atoms with Gasteiger partial charge in [-0.05, 0) is 44.0 Å². The number of hydrogen-bond donors (Lipinski definition) is 2. The van der Waals surface area contributed by atoms with Crippen molar-refractivity contribution < 1.29 is 19.1 Å². The molecule has 3 atom stereocenters. The van der Waals surface area contributed by atoms with E-state index in [0.29, 0.717) is 6.54 Å². The van der Waals surface area contributed by atoms with Crippen molar-refractivity contribution in [1.29, 1.82) is 0 Å². The van der Waals surface area contributed by atoms with Gasteiger partial charge in [-0.15, -0.1) is 22.7 Å². The van der Waals surface area contributed by atoms with Gasteiger partial charge in [-0.1, -0.05) is 0 Å². The maximum atomic E-state index is 13.3. The van der Waals surface area contributed by atoms with Crippen molar-refractivity contribution in [2.45, 2.75) is 38.5 Å². The van der Waals surface area contributed by atoms with Crippen molar-refractivity contribution in [2.24, 2.45) is 5.41 Å². The van der Waals surface area contributed by atoms with Crippen LogP contribution < -0.4 is 15.5 Å². The van der Waals surface area contributed by atoms with Gasteiger partial charge in [0, 0.05) is 35.6 Å². The number of thiazole rings is 2. The van der Waals surface area contributed by atoms with Crippen molar-refractivity contribution >= 4 is 46.2 Å². The number of hydrogen-bond acceptors (Lipinski definition) is 9. The Morgan fingerprint density at radius 2 is 1.91 bits per heavy atom. The van der Waals surface area contributed by atoms with Crippen LogP contribution in [0.5, 0.6) is 0 Å². The Labute approximate surface area is 203 Å². The van der Waals surface area contributed by atoms with Crippen LogP contribution in [0.15, 0.2) is 36.0 Å². The van der Waals surface area contributed by atoms with E-state index in [4.69, 9.17) is 4.74 Å². The van der Waals surface area contributed by atoms with E-state index in [9.17, 15) is 14.4 Å². The number of imide groups is 2. The second kappa shape index (κ2) is 7.69. The fourth-order valence-electron chi connectivity index (χ4n) is 5.43. The van der Waals surface area contributed by atoms with Gasteiger partial charge in [0.15, 0.2) is 5.41 Å². The van der Waals surface area contributed by atoms with Crippen LogP contribution in [-0.4, -0.2) is 52.6 Å². The van der Waals surface area contributed by atoms with Crippen LogP contribution in [0.2, 0.25) is 0 Å². The van der Waals surface area contributed by atoms with Crippen molar-refractivity contribution in [3.05, 3.63) is 41.5 Å². The number of aromatic nitrogens is 2. The molecular weight excluding hydrogens is 474 g/mol. The average molecular weight is 496 g/mol. The average Bonchev–Trinajstić information content (AvgIpc) is 3.48. The number of morpholine rings is 1. The molecule has 9 nitrogen and oxygen atoms in total. The number of urea groups is 1. The van der Waals surface area contributed by atoms with Gasteiger partial charge in [0.2, 0.25) is 11.8 Å². The fourth-order valence-corrected chi connectivity index (χ4v) is 7.05. The van der Waals surface area contributed by atoms with Crippen LogP contribution in [0.3, 0.4) is 0 Å². The summed E-state index contributed by atoms with van der Waals surface area (Å²) in [4.78, 5) is 50.5. The molecule has 174 valence electrons. The molecule has 3 aliphatic heterocycles. The normalized spacial score (nSPS) is 25.5. The van der Waals surface area contributed by atoms with Crippen LogP contribution in [0.4, 0.5) is 10.5 Å². The summed E-state index contributed by atoms with van der Waals surface area (Å²) in [5.41, 5.74) is 1.26. The predicted octanol–water partition coefficient (Wildman–Crippen LogP) is 2.82. The van der Waals surface area contributed by atoms with Gasteiger partial charge in [0.1, 0.15) is 10.0 Å². The Morgan fingerprint density at radius 1 is 1.12 bits per heavy atom. The van der Waals surface area contributed by atoms with E-state index in [1.807, 2.05) is 43.6 Å². The summed E-state index contributed by atoms with van der Waals surface area (Å²) in [6, 6.07) is 4.73. The molecule has 11 heteroatoms. The van der Waals surface area contributed by atoms with E-state index in [2.05, 4.69) is 25.5 Å². The minimum absolute atomic E-state index is 0.0786. The second-order valence-electron chi connectivity index (χ2n) is 8.84. The van der Waals surface area contributed by atoms with Crippen LogP contribution in [0, 0.1) is 5.41 Å². The molecule has 2 aromatic heterocycles. The summed E-state index contributed by atoms with van der Waals surface area (Å²) in [5, 5.41) is 8.33. The summed E-state index contributed by atoms with van der Waals surface area (Å²) in [6.07, 6.45) is 3.28. The van der Waals surface area contributed by atoms with Gasteiger partial charge >= 0.3 is 6.03 Å². The number of fused-ring (bicyclic) bond motifs is 4. The molecule has 34 heavy (non-hydrogen) atoms. The zero-order chi connectivity index (χ0) is 23.6. The van der Waals surface area contributed by atoms with Gasteiger partial charge in [-0.25, -0.2) is 14.8 Å². The third kappa shape index (κ3) is 3.11. The predicted molar refractivity (Wildman–Crippen MR) is 128 cm³/mol. The van der Waals surface area contributed by atoms with Crippen molar-refractivity contribution in [2.75, 3.05) is 11.4 Å². The second-order valence-corrected chi connectivity index (χ2v) is 10.8. The zero-order valence-electron chi connectivity index (χ0n) is 18.4. The first-order valence-electron chi connectivity index (χ1n) is 10.9. The Hall–Kier alpha value is -3.15. The lowest BCUT2D eigenvalue weighted by Crippen LogP contribution is -2.75. The Balaban J connectivity index is 1.46. The molecule has 0 unspecified atom stereocenters. The van der Waals surface area contributed by atoms with E-state index in [1.54, 1.807) is 28.9 Å². The monoisotopic (exact) mass is 495 g/mol. The summed E-state index contributed by atoms with van der Waals surface area (Å²) in [6.45, 7) is 4.38. The first-order chi connectivity index (χ1) is 16.4. The topological polar surface area (TPSA) is 114 Å². The number of benzene rings is 1. The molecule has 1 aromatic carbocycles. The number of anilines is 1. The van der Waals surface area contributed by atoms with Gasteiger partial charge in [0.25, 0.3) is 0 Å². The molecule has 0 aliphatic carbocycles. The number of ether oxygens (including phenoxy) is 1. The van der Waals surface area contributed by atoms with Gasteiger partial charge in [-0.2, -0.15) is 0 Å². The summed E-state index contributed by atoms with van der Waals surface area (Å²) >= 11 is 3.11. The zero-order valence-corrected chi connectivity index (χ0v) is 20.0. The van der Waals surface area contributed by atoms with Crippen molar-refractivity contribution in [1.82, 2.24) is 20.6 Å². The largest absolute Gasteiger partial charge is 0.372 e. The SMILES string of the molecule is C[C@@H]1CN2c3ccc(-c4ncc(-c5nccs5)s4)cc3CC3(C(=O)NC(=O)NC3=O)[C@H]2[C@H](C)O1. The number of nitrogens with zero attached hydrogens (tertiary/aromatic N) is 3. The van der Waals surface area contributed by atoms with E-state index >= 15 is 0 Å². The fraction of sp³-hybridized carbons (Fsp3) is 0.348. The van der Waals surface area contributed by atoms with E-state index in [-0.39, 0.29) is 18.6 Å². The molecule has 0 saturated carbocycles. The first-order valence-corrected chi connectivity index (χ1v) is 12.6. The van der Waals surface area contributed by atoms with E-state index < -0.39 is 29.3 Å². The highest BCUT2D eigenvalue weighted by Crippen LogP contribution is 2.47. The molecule has 5 heterocycles. The van der Waals surface area contributed by atoms with Crippen LogP contribution in [-0.2, 0) is 20.7 Å². The number of rotatable bonds is 2. The van der Waals surface area contributed by atoms with E-state index in [1.165, 1.54) is 0 Å². The van der Waals surface area contributed by atoms with Gasteiger partial charge in [-0.3, -0.25) is 20.2 Å². The van der Waals surface area contributed by atoms with Crippen LogP contribution in [0.25, 0.3) is 20.5 Å². The minimum atomic E-state index is -1.48. The summed E-state index contributed by atoms with van der Waals surface area (Å²) < 4.78 is 6.05. The maximum absolute atomic E-state index is 13.3. The lowest BCUT2D eigenvalue weighted by molar-refractivity contribution is -0.153. The smallest absolute Gasteiger partial charge is 0.328 e. The third-order valence-electron chi connectivity index (χ3n) is 6.70. The lowest BCUT2D eigenvalue weighted by Gasteiger charge is -2.55. The Kier molecular flexibility index (Phi) is 4.84. The van der Waals surface area contributed by atoms with E-state index in [0.717, 1.165) is 31.7 Å². The molecule has 2 saturated heterocycles. The van der Waals surface area contributed by atoms with Gasteiger partial charge in [0.05, 0.1) is 23.1 Å². The molecular formula is C23H21N5O4S2. The number of carbonyl (C=O) groups excluding carboxylic acids is 3. The Morgan fingerprint density at radius 3 is 2.65 bits per heavy atom. The van der Waals surface area contributed by atoms with Gasteiger partial charge < -0.3 is 9.64 Å². The third-order valence-corrected chi connectivity index (χ3v) is 8.69. The lowest BCUT2D eigenvalue weighted by atomic mass is 9.66. The highest BCUT2D eigenvalue weighted by molar-refractivity contribution is 7.22. The van der Waals surface area contributed by atoms with Crippen LogP contribution in [0.1, 0.15) is 19.4 Å². The molecule has 3 aliphatic rings. The number of barbiturate groups is 1. The highest BCUT2D eigenvalue weighted by atomic mass is 32.1. The molecule has 4 amide bonds.